The topological polar surface area (TPSA) is 38.1 Å². The van der Waals surface area contributed by atoms with Gasteiger partial charge >= 0.3 is 0 Å². The minimum Gasteiger partial charge on any atom is -0.332 e. The van der Waals surface area contributed by atoms with E-state index in [0.717, 1.165) is 29.9 Å². The van der Waals surface area contributed by atoms with E-state index in [9.17, 15) is 4.79 Å². The van der Waals surface area contributed by atoms with Crippen LogP contribution in [0.5, 0.6) is 0 Å². The third kappa shape index (κ3) is 2.54. The molecule has 0 fully saturated rings. The number of carbonyl (C=O) groups excluding carboxylic acids is 1. The number of carbonyl (C=O) groups is 1. The molecule has 0 unspecified atom stereocenters. The van der Waals surface area contributed by atoms with Crippen molar-refractivity contribution in [1.82, 2.24) is 14.7 Å². The molecule has 2 heterocycles. The Kier molecular flexibility index (Phi) is 3.77. The Morgan fingerprint density at radius 2 is 1.91 bits per heavy atom. The van der Waals surface area contributed by atoms with Gasteiger partial charge in [0.05, 0.1) is 17.9 Å². The number of amides is 1. The van der Waals surface area contributed by atoms with Gasteiger partial charge in [-0.1, -0.05) is 26.0 Å². The summed E-state index contributed by atoms with van der Waals surface area (Å²) in [5.74, 6) is 0.596. The molecular weight excluding hydrogens is 274 g/mol. The number of fused-ring (bicyclic) bond motifs is 1. The van der Waals surface area contributed by atoms with Crippen molar-refractivity contribution in [2.24, 2.45) is 7.05 Å². The van der Waals surface area contributed by atoms with Crippen LogP contribution in [0.4, 0.5) is 0 Å². The van der Waals surface area contributed by atoms with Gasteiger partial charge in [0.25, 0.3) is 5.91 Å². The Labute approximate surface area is 131 Å². The molecule has 1 aromatic heterocycles. The number of hydrogen-bond donors (Lipinski definition) is 0. The van der Waals surface area contributed by atoms with Gasteiger partial charge in [0, 0.05) is 19.2 Å². The summed E-state index contributed by atoms with van der Waals surface area (Å²) in [4.78, 5) is 14.6. The number of benzene rings is 1. The number of aryl methyl sites for hydroxylation is 2. The Balaban J connectivity index is 1.80. The highest BCUT2D eigenvalue weighted by molar-refractivity contribution is 5.94. The summed E-state index contributed by atoms with van der Waals surface area (Å²) in [6, 6.07) is 8.01. The number of rotatable bonds is 2. The highest BCUT2D eigenvalue weighted by Crippen LogP contribution is 2.23. The Hall–Kier alpha value is -2.10. The van der Waals surface area contributed by atoms with Crippen molar-refractivity contribution in [3.05, 3.63) is 52.3 Å². The normalized spacial score (nSPS) is 14.3. The number of hydrogen-bond acceptors (Lipinski definition) is 2. The molecule has 4 nitrogen and oxygen atoms in total. The first-order valence-corrected chi connectivity index (χ1v) is 7.88. The van der Waals surface area contributed by atoms with E-state index in [-0.39, 0.29) is 5.91 Å². The summed E-state index contributed by atoms with van der Waals surface area (Å²) in [6.45, 7) is 7.78. The molecule has 4 heteroatoms. The average molecular weight is 297 g/mol. The van der Waals surface area contributed by atoms with E-state index in [1.807, 2.05) is 35.7 Å². The van der Waals surface area contributed by atoms with Gasteiger partial charge in [-0.05, 0) is 42.5 Å². The van der Waals surface area contributed by atoms with Crippen LogP contribution in [-0.4, -0.2) is 27.1 Å². The van der Waals surface area contributed by atoms with E-state index >= 15 is 0 Å². The van der Waals surface area contributed by atoms with Crippen LogP contribution in [0.1, 0.15) is 52.6 Å². The molecule has 1 aliphatic heterocycles. The van der Waals surface area contributed by atoms with Crippen LogP contribution in [0.15, 0.2) is 24.3 Å². The average Bonchev–Trinajstić information content (AvgIpc) is 2.81. The first-order valence-electron chi connectivity index (χ1n) is 7.88. The predicted molar refractivity (Wildman–Crippen MR) is 86.9 cm³/mol. The van der Waals surface area contributed by atoms with Crippen molar-refractivity contribution in [2.45, 2.75) is 39.7 Å². The molecule has 0 aliphatic carbocycles. The van der Waals surface area contributed by atoms with Crippen LogP contribution in [0.25, 0.3) is 0 Å². The van der Waals surface area contributed by atoms with E-state index in [2.05, 4.69) is 31.1 Å². The monoisotopic (exact) mass is 297 g/mol. The Morgan fingerprint density at radius 3 is 2.55 bits per heavy atom. The molecule has 22 heavy (non-hydrogen) atoms. The van der Waals surface area contributed by atoms with Crippen molar-refractivity contribution in [2.75, 3.05) is 6.54 Å². The first kappa shape index (κ1) is 14.8. The van der Waals surface area contributed by atoms with E-state index in [4.69, 9.17) is 0 Å². The quantitative estimate of drug-likeness (QED) is 0.854. The smallest absolute Gasteiger partial charge is 0.254 e. The summed E-state index contributed by atoms with van der Waals surface area (Å²) in [5, 5.41) is 4.47. The van der Waals surface area contributed by atoms with Crippen molar-refractivity contribution in [3.63, 3.8) is 0 Å². The lowest BCUT2D eigenvalue weighted by atomic mass is 10.0. The molecule has 0 saturated carbocycles. The summed E-state index contributed by atoms with van der Waals surface area (Å²) in [7, 11) is 1.96. The standard InChI is InChI=1S/C18H23N3O/c1-12(2)14-5-7-15(8-6-14)18(22)21-10-9-16-13(3)19-20(4)17(16)11-21/h5-8,12H,9-11H2,1-4H3. The van der Waals surface area contributed by atoms with Gasteiger partial charge in [-0.25, -0.2) is 0 Å². The number of aromatic nitrogens is 2. The summed E-state index contributed by atoms with van der Waals surface area (Å²) in [6.07, 6.45) is 0.894. The zero-order valence-corrected chi connectivity index (χ0v) is 13.8. The third-order valence-electron chi connectivity index (χ3n) is 4.56. The molecule has 116 valence electrons. The maximum absolute atomic E-state index is 12.7. The highest BCUT2D eigenvalue weighted by atomic mass is 16.2. The van der Waals surface area contributed by atoms with Gasteiger partial charge in [-0.3, -0.25) is 9.48 Å². The van der Waals surface area contributed by atoms with E-state index < -0.39 is 0 Å². The van der Waals surface area contributed by atoms with Crippen molar-refractivity contribution in [3.8, 4) is 0 Å². The maximum Gasteiger partial charge on any atom is 0.254 e. The molecule has 0 spiro atoms. The van der Waals surface area contributed by atoms with Gasteiger partial charge in [-0.2, -0.15) is 5.10 Å². The molecule has 1 amide bonds. The second-order valence-electron chi connectivity index (χ2n) is 6.39. The minimum absolute atomic E-state index is 0.111. The lowest BCUT2D eigenvalue weighted by molar-refractivity contribution is 0.0730. The molecule has 2 aromatic rings. The van der Waals surface area contributed by atoms with E-state index in [1.54, 1.807) is 0 Å². The SMILES string of the molecule is Cc1nn(C)c2c1CCN(C(=O)c1ccc(C(C)C)cc1)C2. The van der Waals surface area contributed by atoms with Gasteiger partial charge in [0.1, 0.15) is 0 Å². The zero-order chi connectivity index (χ0) is 15.9. The molecule has 1 aromatic carbocycles. The molecule has 0 bridgehead atoms. The molecule has 0 saturated heterocycles. The summed E-state index contributed by atoms with van der Waals surface area (Å²) in [5.41, 5.74) is 5.59. The summed E-state index contributed by atoms with van der Waals surface area (Å²) >= 11 is 0. The second-order valence-corrected chi connectivity index (χ2v) is 6.39. The lowest BCUT2D eigenvalue weighted by Gasteiger charge is -2.27. The summed E-state index contributed by atoms with van der Waals surface area (Å²) < 4.78 is 1.91. The predicted octanol–water partition coefficient (Wildman–Crippen LogP) is 3.05. The zero-order valence-electron chi connectivity index (χ0n) is 13.8. The van der Waals surface area contributed by atoms with Gasteiger partial charge < -0.3 is 4.90 Å². The fraction of sp³-hybridized carbons (Fsp3) is 0.444. The van der Waals surface area contributed by atoms with E-state index in [1.165, 1.54) is 11.1 Å². The first-order chi connectivity index (χ1) is 10.5. The largest absolute Gasteiger partial charge is 0.332 e. The lowest BCUT2D eigenvalue weighted by Crippen LogP contribution is -2.36. The van der Waals surface area contributed by atoms with Crippen LogP contribution < -0.4 is 0 Å². The van der Waals surface area contributed by atoms with Crippen LogP contribution in [-0.2, 0) is 20.0 Å². The molecule has 1 aliphatic rings. The van der Waals surface area contributed by atoms with Crippen molar-refractivity contribution < 1.29 is 4.79 Å². The molecule has 3 rings (SSSR count). The molecule has 0 N–H and O–H groups in total. The Morgan fingerprint density at radius 1 is 1.23 bits per heavy atom. The fourth-order valence-electron chi connectivity index (χ4n) is 3.15. The maximum atomic E-state index is 12.7. The molecular formula is C18H23N3O. The van der Waals surface area contributed by atoms with Crippen LogP contribution in [0, 0.1) is 6.92 Å². The van der Waals surface area contributed by atoms with Crippen molar-refractivity contribution in [1.29, 1.82) is 0 Å². The van der Waals surface area contributed by atoms with Crippen LogP contribution in [0.2, 0.25) is 0 Å². The van der Waals surface area contributed by atoms with Gasteiger partial charge in [-0.15, -0.1) is 0 Å². The molecule has 0 radical (unpaired) electrons. The van der Waals surface area contributed by atoms with Gasteiger partial charge in [0.15, 0.2) is 0 Å². The van der Waals surface area contributed by atoms with Gasteiger partial charge in [0.2, 0.25) is 0 Å². The van der Waals surface area contributed by atoms with Crippen LogP contribution >= 0.6 is 0 Å². The van der Waals surface area contributed by atoms with Crippen LogP contribution in [0.3, 0.4) is 0 Å². The fourth-order valence-corrected chi connectivity index (χ4v) is 3.15. The second kappa shape index (κ2) is 5.59. The number of nitrogens with zero attached hydrogens (tertiary/aromatic N) is 3. The minimum atomic E-state index is 0.111. The third-order valence-corrected chi connectivity index (χ3v) is 4.56. The van der Waals surface area contributed by atoms with E-state index in [0.29, 0.717) is 12.5 Å². The molecule has 0 atom stereocenters. The van der Waals surface area contributed by atoms with Crippen molar-refractivity contribution >= 4 is 5.91 Å². The highest BCUT2D eigenvalue weighted by Gasteiger charge is 2.25. The Bertz CT molecular complexity index is 698.